The molecule has 1 saturated heterocycles. The molecule has 4 aromatic carbocycles. The van der Waals surface area contributed by atoms with Gasteiger partial charge in [-0.3, -0.25) is 0 Å². The van der Waals surface area contributed by atoms with Crippen molar-refractivity contribution in [3.8, 4) is 0 Å². The van der Waals surface area contributed by atoms with Crippen molar-refractivity contribution in [2.75, 3.05) is 6.61 Å². The molecule has 0 saturated carbocycles. The summed E-state index contributed by atoms with van der Waals surface area (Å²) >= 11 is 0. The van der Waals surface area contributed by atoms with Crippen LogP contribution in [0.3, 0.4) is 0 Å². The van der Waals surface area contributed by atoms with E-state index in [1.807, 2.05) is 79.7 Å². The molecule has 0 bridgehead atoms. The molecule has 0 amide bonds. The molecule has 5 nitrogen and oxygen atoms in total. The average Bonchev–Trinajstić information content (AvgIpc) is 3.01. The van der Waals surface area contributed by atoms with Gasteiger partial charge in [-0.15, -0.1) is 0 Å². The van der Waals surface area contributed by atoms with Crippen LogP contribution in [0.25, 0.3) is 0 Å². The molecule has 5 rings (SSSR count). The van der Waals surface area contributed by atoms with Gasteiger partial charge in [0.15, 0.2) is 0 Å². The van der Waals surface area contributed by atoms with Crippen LogP contribution in [0.5, 0.6) is 0 Å². The Hall–Kier alpha value is -3.32. The second kappa shape index (κ2) is 14.9. The fourth-order valence-electron chi connectivity index (χ4n) is 5.02. The normalized spacial score (nSPS) is 22.7. The molecule has 1 aliphatic rings. The minimum atomic E-state index is -0.392. The van der Waals surface area contributed by atoms with Gasteiger partial charge >= 0.3 is 0 Å². The van der Waals surface area contributed by atoms with Crippen LogP contribution in [-0.4, -0.2) is 37.1 Å². The third-order valence-electron chi connectivity index (χ3n) is 7.12. The van der Waals surface area contributed by atoms with Crippen LogP contribution < -0.4 is 0 Å². The van der Waals surface area contributed by atoms with Crippen LogP contribution in [-0.2, 0) is 50.1 Å². The highest BCUT2D eigenvalue weighted by Crippen LogP contribution is 2.30. The Bertz CT molecular complexity index is 1240. The summed E-state index contributed by atoms with van der Waals surface area (Å²) in [6.07, 6.45) is -1.61. The topological polar surface area (TPSA) is 46.2 Å². The smallest absolute Gasteiger partial charge is 0.115 e. The molecule has 1 heterocycles. The summed E-state index contributed by atoms with van der Waals surface area (Å²) in [5.41, 5.74) is 4.41. The molecule has 0 aliphatic carbocycles. The second-order valence-electron chi connectivity index (χ2n) is 10.2. The number of rotatable bonds is 13. The lowest BCUT2D eigenvalue weighted by Crippen LogP contribution is -2.60. The summed E-state index contributed by atoms with van der Waals surface area (Å²) in [4.78, 5) is 0. The Balaban J connectivity index is 1.36. The summed E-state index contributed by atoms with van der Waals surface area (Å²) in [6.45, 7) is 4.29. The zero-order valence-corrected chi connectivity index (χ0v) is 23.0. The van der Waals surface area contributed by atoms with Gasteiger partial charge < -0.3 is 23.7 Å². The molecule has 40 heavy (non-hydrogen) atoms. The van der Waals surface area contributed by atoms with Crippen LogP contribution in [0.4, 0.5) is 0 Å². The van der Waals surface area contributed by atoms with Crippen LogP contribution in [0, 0.1) is 0 Å². The van der Waals surface area contributed by atoms with Gasteiger partial charge in [-0.05, 0) is 29.2 Å². The first-order chi connectivity index (χ1) is 19.8. The van der Waals surface area contributed by atoms with E-state index in [4.69, 9.17) is 23.7 Å². The summed E-state index contributed by atoms with van der Waals surface area (Å²) < 4.78 is 32.5. The van der Waals surface area contributed by atoms with Gasteiger partial charge in [-0.1, -0.05) is 121 Å². The van der Waals surface area contributed by atoms with Crippen LogP contribution in [0.2, 0.25) is 0 Å². The van der Waals surface area contributed by atoms with E-state index in [-0.39, 0.29) is 24.4 Å². The Morgan fingerprint density at radius 2 is 0.850 bits per heavy atom. The molecule has 1 aliphatic heterocycles. The van der Waals surface area contributed by atoms with Crippen molar-refractivity contribution in [3.05, 3.63) is 144 Å². The van der Waals surface area contributed by atoms with Gasteiger partial charge in [0.2, 0.25) is 0 Å². The Morgan fingerprint density at radius 3 is 1.30 bits per heavy atom. The van der Waals surface area contributed by atoms with Gasteiger partial charge in [-0.25, -0.2) is 0 Å². The molecule has 0 N–H and O–H groups in total. The molecule has 208 valence electrons. The lowest BCUT2D eigenvalue weighted by Gasteiger charge is -2.45. The highest BCUT2D eigenvalue weighted by molar-refractivity contribution is 5.16. The molecular formula is C35H38O5. The van der Waals surface area contributed by atoms with E-state index in [0.717, 1.165) is 22.3 Å². The van der Waals surface area contributed by atoms with E-state index >= 15 is 0 Å². The van der Waals surface area contributed by atoms with Gasteiger partial charge in [0.05, 0.1) is 39.1 Å². The molecule has 5 heteroatoms. The quantitative estimate of drug-likeness (QED) is 0.189. The van der Waals surface area contributed by atoms with Crippen molar-refractivity contribution >= 4 is 0 Å². The van der Waals surface area contributed by atoms with Crippen molar-refractivity contribution in [1.82, 2.24) is 0 Å². The largest absolute Gasteiger partial charge is 0.374 e. The van der Waals surface area contributed by atoms with Crippen molar-refractivity contribution < 1.29 is 23.7 Å². The van der Waals surface area contributed by atoms with E-state index < -0.39 is 6.10 Å². The highest BCUT2D eigenvalue weighted by Gasteiger charge is 2.46. The third kappa shape index (κ3) is 8.10. The summed E-state index contributed by atoms with van der Waals surface area (Å²) in [7, 11) is 0. The SMILES string of the molecule is C[C@H]1OC(COCc2ccccc2)[C@H](OCc2ccccc2)C(OCc2ccccc2)C1OCc1ccccc1. The van der Waals surface area contributed by atoms with Crippen molar-refractivity contribution in [2.24, 2.45) is 0 Å². The first-order valence-corrected chi connectivity index (χ1v) is 14.0. The molecular weight excluding hydrogens is 500 g/mol. The minimum Gasteiger partial charge on any atom is -0.374 e. The third-order valence-corrected chi connectivity index (χ3v) is 7.12. The lowest BCUT2D eigenvalue weighted by atomic mass is 9.94. The van der Waals surface area contributed by atoms with E-state index in [2.05, 4.69) is 48.5 Å². The van der Waals surface area contributed by atoms with Crippen molar-refractivity contribution in [3.63, 3.8) is 0 Å². The zero-order chi connectivity index (χ0) is 27.4. The van der Waals surface area contributed by atoms with E-state index in [1.165, 1.54) is 0 Å². The Morgan fingerprint density at radius 1 is 0.475 bits per heavy atom. The molecule has 0 radical (unpaired) electrons. The first-order valence-electron chi connectivity index (χ1n) is 14.0. The van der Waals surface area contributed by atoms with Crippen LogP contribution in [0.15, 0.2) is 121 Å². The monoisotopic (exact) mass is 538 g/mol. The highest BCUT2D eigenvalue weighted by atomic mass is 16.6. The molecule has 3 unspecified atom stereocenters. The van der Waals surface area contributed by atoms with Crippen LogP contribution >= 0.6 is 0 Å². The number of hydrogen-bond acceptors (Lipinski definition) is 5. The number of ether oxygens (including phenoxy) is 5. The number of hydrogen-bond donors (Lipinski definition) is 0. The number of benzene rings is 4. The second-order valence-corrected chi connectivity index (χ2v) is 10.2. The van der Waals surface area contributed by atoms with Gasteiger partial charge in [-0.2, -0.15) is 0 Å². The lowest BCUT2D eigenvalue weighted by molar-refractivity contribution is -0.269. The summed E-state index contributed by atoms with van der Waals surface area (Å²) in [5.74, 6) is 0. The van der Waals surface area contributed by atoms with Gasteiger partial charge in [0.25, 0.3) is 0 Å². The van der Waals surface area contributed by atoms with E-state index in [0.29, 0.717) is 33.0 Å². The maximum absolute atomic E-state index is 6.65. The van der Waals surface area contributed by atoms with E-state index in [9.17, 15) is 0 Å². The zero-order valence-electron chi connectivity index (χ0n) is 23.0. The average molecular weight is 539 g/mol. The minimum absolute atomic E-state index is 0.216. The molecule has 0 spiro atoms. The fourth-order valence-corrected chi connectivity index (χ4v) is 5.02. The predicted molar refractivity (Wildman–Crippen MR) is 155 cm³/mol. The Kier molecular flexibility index (Phi) is 10.5. The maximum atomic E-state index is 6.65. The predicted octanol–water partition coefficient (Wildman–Crippen LogP) is 6.75. The molecule has 5 atom stereocenters. The summed E-state index contributed by atoms with van der Waals surface area (Å²) in [5, 5.41) is 0. The van der Waals surface area contributed by atoms with Crippen molar-refractivity contribution in [2.45, 2.75) is 63.9 Å². The van der Waals surface area contributed by atoms with Gasteiger partial charge in [0, 0.05) is 0 Å². The molecule has 1 fully saturated rings. The van der Waals surface area contributed by atoms with E-state index in [1.54, 1.807) is 0 Å². The van der Waals surface area contributed by atoms with Crippen molar-refractivity contribution in [1.29, 1.82) is 0 Å². The first kappa shape index (κ1) is 28.2. The molecule has 4 aromatic rings. The fraction of sp³-hybridized carbons (Fsp3) is 0.314. The van der Waals surface area contributed by atoms with Gasteiger partial charge in [0.1, 0.15) is 24.4 Å². The summed E-state index contributed by atoms with van der Waals surface area (Å²) in [6, 6.07) is 40.8. The standard InChI is InChI=1S/C35H38O5/c1-27-33(37-23-29-16-8-3-9-17-29)35(39-25-31-20-12-5-13-21-31)34(38-24-30-18-10-4-11-19-30)32(40-27)26-36-22-28-14-6-2-7-15-28/h2-21,27,32-35H,22-26H2,1H3/t27-,32?,33?,34+,35?/m1/s1. The van der Waals surface area contributed by atoms with Crippen LogP contribution in [0.1, 0.15) is 29.2 Å². The molecule has 0 aromatic heterocycles. The maximum Gasteiger partial charge on any atom is 0.115 e. The Labute approximate surface area is 237 Å².